The molecule has 0 aromatic carbocycles. The summed E-state index contributed by atoms with van der Waals surface area (Å²) in [5.41, 5.74) is 3.64. The Balaban J connectivity index is 2.13. The largest absolute Gasteiger partial charge is 0.304 e. The van der Waals surface area contributed by atoms with Gasteiger partial charge in [0.15, 0.2) is 5.82 Å². The normalized spacial score (nSPS) is 15.6. The first-order valence-corrected chi connectivity index (χ1v) is 8.09. The lowest BCUT2D eigenvalue weighted by Gasteiger charge is -2.13. The molecule has 1 aliphatic carbocycles. The summed E-state index contributed by atoms with van der Waals surface area (Å²) in [4.78, 5) is 24.2. The Labute approximate surface area is 132 Å². The number of H-pyrrole nitrogens is 1. The van der Waals surface area contributed by atoms with Gasteiger partial charge >= 0.3 is 0 Å². The van der Waals surface area contributed by atoms with Crippen LogP contribution in [0.2, 0.25) is 0 Å². The smallest absolute Gasteiger partial charge is 0.265 e. The lowest BCUT2D eigenvalue weighted by molar-refractivity contribution is 0.687. The van der Waals surface area contributed by atoms with Crippen molar-refractivity contribution in [2.45, 2.75) is 45.4 Å². The van der Waals surface area contributed by atoms with Gasteiger partial charge in [0.05, 0.1) is 5.69 Å². The Hall–Kier alpha value is -1.49. The van der Waals surface area contributed by atoms with Crippen molar-refractivity contribution in [3.05, 3.63) is 43.9 Å². The van der Waals surface area contributed by atoms with Gasteiger partial charge in [-0.05, 0) is 53.7 Å². The summed E-state index contributed by atoms with van der Waals surface area (Å²) >= 11 is 3.40. The highest BCUT2D eigenvalue weighted by molar-refractivity contribution is 9.10. The molecule has 0 radical (unpaired) electrons. The summed E-state index contributed by atoms with van der Waals surface area (Å²) in [5.74, 6) is 0.953. The van der Waals surface area contributed by atoms with Gasteiger partial charge in [-0.3, -0.25) is 9.78 Å². The van der Waals surface area contributed by atoms with Crippen molar-refractivity contribution >= 4 is 15.9 Å². The molecule has 2 aromatic heterocycles. The van der Waals surface area contributed by atoms with Crippen LogP contribution in [0, 0.1) is 13.8 Å². The molecule has 1 aliphatic rings. The van der Waals surface area contributed by atoms with Crippen LogP contribution in [-0.4, -0.2) is 15.0 Å². The van der Waals surface area contributed by atoms with Crippen molar-refractivity contribution in [1.29, 1.82) is 0 Å². The molecule has 0 unspecified atom stereocenters. The van der Waals surface area contributed by atoms with Gasteiger partial charge in [0.2, 0.25) is 0 Å². The minimum atomic E-state index is -0.122. The molecule has 0 atom stereocenters. The molecule has 1 N–H and O–H groups in total. The Kier molecular flexibility index (Phi) is 3.93. The standard InChI is InChI=1S/C16H18BrN3O/c1-9-7-10(2)13(18-8-9)15-19-14(11-5-3-4-6-11)12(17)16(21)20-15/h7-8,11H,3-6H2,1-2H3,(H,19,20,21). The van der Waals surface area contributed by atoms with E-state index < -0.39 is 0 Å². The summed E-state index contributed by atoms with van der Waals surface area (Å²) in [6, 6.07) is 2.06. The maximum atomic E-state index is 12.2. The van der Waals surface area contributed by atoms with Crippen LogP contribution in [0.15, 0.2) is 21.5 Å². The van der Waals surface area contributed by atoms with Gasteiger partial charge in [-0.25, -0.2) is 4.98 Å². The van der Waals surface area contributed by atoms with Gasteiger partial charge in [0.25, 0.3) is 5.56 Å². The van der Waals surface area contributed by atoms with E-state index in [4.69, 9.17) is 4.98 Å². The number of halogens is 1. The third kappa shape index (κ3) is 2.79. The molecule has 0 amide bonds. The van der Waals surface area contributed by atoms with Crippen molar-refractivity contribution in [3.8, 4) is 11.5 Å². The van der Waals surface area contributed by atoms with Crippen molar-refractivity contribution < 1.29 is 0 Å². The van der Waals surface area contributed by atoms with E-state index in [1.807, 2.05) is 13.8 Å². The SMILES string of the molecule is Cc1cnc(-c2nc(C3CCCC3)c(Br)c(=O)[nH]2)c(C)c1. The predicted molar refractivity (Wildman–Crippen MR) is 86.5 cm³/mol. The highest BCUT2D eigenvalue weighted by Crippen LogP contribution is 2.36. The highest BCUT2D eigenvalue weighted by atomic mass is 79.9. The molecular formula is C16H18BrN3O. The Morgan fingerprint density at radius 1 is 1.29 bits per heavy atom. The molecule has 2 heterocycles. The second-order valence-electron chi connectivity index (χ2n) is 5.77. The van der Waals surface area contributed by atoms with Crippen LogP contribution in [0.25, 0.3) is 11.5 Å². The molecule has 3 rings (SSSR count). The van der Waals surface area contributed by atoms with E-state index in [9.17, 15) is 4.79 Å². The second kappa shape index (κ2) is 5.72. The van der Waals surface area contributed by atoms with Crippen LogP contribution in [0.1, 0.15) is 48.4 Å². The molecule has 2 aromatic rings. The van der Waals surface area contributed by atoms with Crippen molar-refractivity contribution in [3.63, 3.8) is 0 Å². The first kappa shape index (κ1) is 14.4. The lowest BCUT2D eigenvalue weighted by atomic mass is 10.0. The summed E-state index contributed by atoms with van der Waals surface area (Å²) in [6.45, 7) is 4.00. The van der Waals surface area contributed by atoms with Crippen LogP contribution >= 0.6 is 15.9 Å². The number of hydrogen-bond acceptors (Lipinski definition) is 3. The number of aryl methyl sites for hydroxylation is 2. The predicted octanol–water partition coefficient (Wildman–Crippen LogP) is 3.87. The lowest BCUT2D eigenvalue weighted by Crippen LogP contribution is -2.16. The Morgan fingerprint density at radius 2 is 2.00 bits per heavy atom. The van der Waals surface area contributed by atoms with Crippen LogP contribution in [0.5, 0.6) is 0 Å². The molecule has 4 nitrogen and oxygen atoms in total. The molecule has 110 valence electrons. The maximum absolute atomic E-state index is 12.2. The maximum Gasteiger partial charge on any atom is 0.265 e. The summed E-state index contributed by atoms with van der Waals surface area (Å²) in [7, 11) is 0. The van der Waals surface area contributed by atoms with Crippen LogP contribution in [0.4, 0.5) is 0 Å². The van der Waals surface area contributed by atoms with Gasteiger partial charge in [0, 0.05) is 12.1 Å². The van der Waals surface area contributed by atoms with Gasteiger partial charge in [-0.2, -0.15) is 0 Å². The van der Waals surface area contributed by atoms with E-state index in [1.165, 1.54) is 12.8 Å². The first-order chi connectivity index (χ1) is 10.1. The summed E-state index contributed by atoms with van der Waals surface area (Å²) < 4.78 is 0.572. The second-order valence-corrected chi connectivity index (χ2v) is 6.57. The van der Waals surface area contributed by atoms with Gasteiger partial charge < -0.3 is 4.98 Å². The fraction of sp³-hybridized carbons (Fsp3) is 0.438. The molecule has 21 heavy (non-hydrogen) atoms. The topological polar surface area (TPSA) is 58.6 Å². The number of aromatic amines is 1. The van der Waals surface area contributed by atoms with E-state index >= 15 is 0 Å². The van der Waals surface area contributed by atoms with Gasteiger partial charge in [0.1, 0.15) is 10.2 Å². The Morgan fingerprint density at radius 3 is 2.67 bits per heavy atom. The zero-order valence-corrected chi connectivity index (χ0v) is 13.8. The number of pyridine rings is 1. The third-order valence-electron chi connectivity index (χ3n) is 4.07. The number of nitrogens with one attached hydrogen (secondary N) is 1. The average molecular weight is 348 g/mol. The quantitative estimate of drug-likeness (QED) is 0.896. The fourth-order valence-corrected chi connectivity index (χ4v) is 3.53. The van der Waals surface area contributed by atoms with Crippen molar-refractivity contribution in [2.24, 2.45) is 0 Å². The van der Waals surface area contributed by atoms with Crippen LogP contribution in [0.3, 0.4) is 0 Å². The number of nitrogens with zero attached hydrogens (tertiary/aromatic N) is 2. The Bertz CT molecular complexity index is 733. The average Bonchev–Trinajstić information content (AvgIpc) is 2.96. The number of hydrogen-bond donors (Lipinski definition) is 1. The molecular weight excluding hydrogens is 330 g/mol. The molecule has 0 spiro atoms. The van der Waals surface area contributed by atoms with Crippen molar-refractivity contribution in [1.82, 2.24) is 15.0 Å². The summed E-state index contributed by atoms with van der Waals surface area (Å²) in [5, 5.41) is 0. The molecule has 0 aliphatic heterocycles. The zero-order chi connectivity index (χ0) is 15.0. The highest BCUT2D eigenvalue weighted by Gasteiger charge is 2.23. The van der Waals surface area contributed by atoms with Crippen molar-refractivity contribution in [2.75, 3.05) is 0 Å². The van der Waals surface area contributed by atoms with E-state index in [-0.39, 0.29) is 5.56 Å². The van der Waals surface area contributed by atoms with E-state index in [2.05, 4.69) is 32.0 Å². The molecule has 0 bridgehead atoms. The number of rotatable bonds is 2. The monoisotopic (exact) mass is 347 g/mol. The van der Waals surface area contributed by atoms with E-state index in [1.54, 1.807) is 6.20 Å². The first-order valence-electron chi connectivity index (χ1n) is 7.29. The van der Waals surface area contributed by atoms with Gasteiger partial charge in [-0.1, -0.05) is 18.9 Å². The van der Waals surface area contributed by atoms with Crippen LogP contribution in [-0.2, 0) is 0 Å². The summed E-state index contributed by atoms with van der Waals surface area (Å²) in [6.07, 6.45) is 6.44. The number of aromatic nitrogens is 3. The minimum Gasteiger partial charge on any atom is -0.304 e. The fourth-order valence-electron chi connectivity index (χ4n) is 3.02. The van der Waals surface area contributed by atoms with E-state index in [0.29, 0.717) is 16.2 Å². The molecule has 1 fully saturated rings. The molecule has 5 heteroatoms. The molecule has 1 saturated carbocycles. The van der Waals surface area contributed by atoms with Gasteiger partial charge in [-0.15, -0.1) is 0 Å². The molecule has 0 saturated heterocycles. The van der Waals surface area contributed by atoms with E-state index in [0.717, 1.165) is 35.4 Å². The third-order valence-corrected chi connectivity index (χ3v) is 4.84. The minimum absolute atomic E-state index is 0.122. The van der Waals surface area contributed by atoms with Crippen LogP contribution < -0.4 is 5.56 Å². The zero-order valence-electron chi connectivity index (χ0n) is 12.2.